The molecule has 6 nitrogen and oxygen atoms in total. The molecule has 0 bridgehead atoms. The van der Waals surface area contributed by atoms with Crippen LogP contribution >= 0.6 is 0 Å². The van der Waals surface area contributed by atoms with Gasteiger partial charge in [0.2, 0.25) is 0 Å². The van der Waals surface area contributed by atoms with Crippen molar-refractivity contribution < 1.29 is 9.53 Å². The maximum atomic E-state index is 12.0. The third kappa shape index (κ3) is 3.91. The fourth-order valence-electron chi connectivity index (χ4n) is 3.32. The number of fused-ring (bicyclic) bond motifs is 1. The van der Waals surface area contributed by atoms with Gasteiger partial charge in [-0.3, -0.25) is 4.79 Å². The molecule has 0 aliphatic carbocycles. The van der Waals surface area contributed by atoms with Gasteiger partial charge in [-0.2, -0.15) is 0 Å². The minimum atomic E-state index is -0.0347. The summed E-state index contributed by atoms with van der Waals surface area (Å²) in [6, 6.07) is 11.6. The van der Waals surface area contributed by atoms with Crippen molar-refractivity contribution in [2.45, 2.75) is 32.6 Å². The maximum Gasteiger partial charge on any atom is 0.253 e. The predicted molar refractivity (Wildman–Crippen MR) is 108 cm³/mol. The summed E-state index contributed by atoms with van der Waals surface area (Å²) >= 11 is 0. The molecule has 1 amide bonds. The fourth-order valence-corrected chi connectivity index (χ4v) is 3.32. The molecule has 4 rings (SSSR count). The highest BCUT2D eigenvalue weighted by atomic mass is 16.5. The van der Waals surface area contributed by atoms with Crippen molar-refractivity contribution in [3.8, 4) is 28.5 Å². The summed E-state index contributed by atoms with van der Waals surface area (Å²) in [6.45, 7) is 3.58. The number of carbonyl (C=O) groups is 1. The molecule has 3 aromatic rings. The Morgan fingerprint density at radius 1 is 1.14 bits per heavy atom. The predicted octanol–water partition coefficient (Wildman–Crippen LogP) is 3.99. The number of nitrogens with one attached hydrogen (secondary N) is 2. The Bertz CT molecular complexity index is 963. The monoisotopic (exact) mass is 376 g/mol. The first-order valence-corrected chi connectivity index (χ1v) is 9.81. The average Bonchev–Trinajstić information content (AvgIpc) is 3.18. The van der Waals surface area contributed by atoms with Gasteiger partial charge in [0.15, 0.2) is 5.82 Å². The van der Waals surface area contributed by atoms with E-state index in [-0.39, 0.29) is 5.91 Å². The second-order valence-corrected chi connectivity index (χ2v) is 6.93. The van der Waals surface area contributed by atoms with E-state index in [1.807, 2.05) is 36.4 Å². The van der Waals surface area contributed by atoms with Gasteiger partial charge in [0.1, 0.15) is 5.75 Å². The van der Waals surface area contributed by atoms with Crippen LogP contribution in [0.2, 0.25) is 0 Å². The van der Waals surface area contributed by atoms with Crippen molar-refractivity contribution >= 4 is 5.91 Å². The standard InChI is InChI=1S/C22H24N4O2/c1-2-3-4-13-28-16-7-5-15(6-8-16)21-23-11-10-19(26-21)20-14-17-18(25-20)9-12-24-22(17)27/h5-8,10-11,14,25H,2-4,9,12-13H2,1H3,(H,24,27). The molecule has 3 heterocycles. The van der Waals surface area contributed by atoms with Crippen molar-refractivity contribution in [1.29, 1.82) is 0 Å². The van der Waals surface area contributed by atoms with Crippen molar-refractivity contribution in [3.05, 3.63) is 53.9 Å². The zero-order valence-electron chi connectivity index (χ0n) is 16.0. The van der Waals surface area contributed by atoms with E-state index in [4.69, 9.17) is 4.74 Å². The number of ether oxygens (including phenoxy) is 1. The Balaban J connectivity index is 1.52. The molecule has 2 N–H and O–H groups in total. The molecular weight excluding hydrogens is 352 g/mol. The Morgan fingerprint density at radius 3 is 2.79 bits per heavy atom. The van der Waals surface area contributed by atoms with Crippen molar-refractivity contribution in [2.24, 2.45) is 0 Å². The van der Waals surface area contributed by atoms with Crippen LogP contribution in [-0.4, -0.2) is 34.0 Å². The van der Waals surface area contributed by atoms with Crippen LogP contribution in [0.3, 0.4) is 0 Å². The molecular formula is C22H24N4O2. The summed E-state index contributed by atoms with van der Waals surface area (Å²) in [5.41, 5.74) is 4.19. The van der Waals surface area contributed by atoms with Gasteiger partial charge >= 0.3 is 0 Å². The molecule has 6 heteroatoms. The third-order valence-electron chi connectivity index (χ3n) is 4.87. The van der Waals surface area contributed by atoms with Crippen molar-refractivity contribution in [1.82, 2.24) is 20.3 Å². The first-order chi connectivity index (χ1) is 13.7. The zero-order chi connectivity index (χ0) is 19.3. The van der Waals surface area contributed by atoms with Gasteiger partial charge in [-0.05, 0) is 42.8 Å². The highest BCUT2D eigenvalue weighted by Gasteiger charge is 2.20. The van der Waals surface area contributed by atoms with Gasteiger partial charge in [0.25, 0.3) is 5.91 Å². The molecule has 1 aromatic carbocycles. The number of unbranched alkanes of at least 4 members (excludes halogenated alkanes) is 2. The largest absolute Gasteiger partial charge is 0.494 e. The molecule has 0 spiro atoms. The van der Waals surface area contributed by atoms with E-state index in [1.165, 1.54) is 12.8 Å². The SMILES string of the molecule is CCCCCOc1ccc(-c2nccc(-c3cc4c([nH]3)CCNC4=O)n2)cc1. The van der Waals surface area contributed by atoms with Gasteiger partial charge in [0.05, 0.1) is 23.6 Å². The molecule has 0 radical (unpaired) electrons. The molecule has 0 saturated carbocycles. The third-order valence-corrected chi connectivity index (χ3v) is 4.87. The van der Waals surface area contributed by atoms with E-state index in [0.717, 1.165) is 47.8 Å². The van der Waals surface area contributed by atoms with Crippen molar-refractivity contribution in [2.75, 3.05) is 13.2 Å². The van der Waals surface area contributed by atoms with E-state index in [2.05, 4.69) is 27.2 Å². The van der Waals surface area contributed by atoms with Crippen LogP contribution in [0.4, 0.5) is 0 Å². The van der Waals surface area contributed by atoms with Gasteiger partial charge < -0.3 is 15.0 Å². The maximum absolute atomic E-state index is 12.0. The minimum absolute atomic E-state index is 0.0347. The second kappa shape index (κ2) is 8.25. The second-order valence-electron chi connectivity index (χ2n) is 6.93. The minimum Gasteiger partial charge on any atom is -0.494 e. The molecule has 144 valence electrons. The Hall–Kier alpha value is -3.15. The topological polar surface area (TPSA) is 79.9 Å². The Morgan fingerprint density at radius 2 is 2.00 bits per heavy atom. The van der Waals surface area contributed by atoms with Crippen LogP contribution in [-0.2, 0) is 6.42 Å². The lowest BCUT2D eigenvalue weighted by Gasteiger charge is -2.10. The first-order valence-electron chi connectivity index (χ1n) is 9.81. The van der Waals surface area contributed by atoms with Gasteiger partial charge in [-0.1, -0.05) is 19.8 Å². The van der Waals surface area contributed by atoms with Crippen LogP contribution < -0.4 is 10.1 Å². The molecule has 2 aromatic heterocycles. The lowest BCUT2D eigenvalue weighted by Crippen LogP contribution is -2.31. The lowest BCUT2D eigenvalue weighted by molar-refractivity contribution is 0.0946. The van der Waals surface area contributed by atoms with Gasteiger partial charge in [-0.25, -0.2) is 9.97 Å². The Kier molecular flexibility index (Phi) is 5.37. The molecule has 0 unspecified atom stereocenters. The number of carbonyl (C=O) groups excluding carboxylic acids is 1. The zero-order valence-corrected chi connectivity index (χ0v) is 16.0. The molecule has 0 atom stereocenters. The number of H-pyrrole nitrogens is 1. The van der Waals surface area contributed by atoms with E-state index in [0.29, 0.717) is 17.9 Å². The number of aromatic nitrogens is 3. The van der Waals surface area contributed by atoms with Crippen LogP contribution in [0.1, 0.15) is 42.2 Å². The first kappa shape index (κ1) is 18.2. The highest BCUT2D eigenvalue weighted by molar-refractivity contribution is 5.97. The summed E-state index contributed by atoms with van der Waals surface area (Å²) in [5, 5.41) is 2.86. The number of hydrogen-bond acceptors (Lipinski definition) is 4. The van der Waals surface area contributed by atoms with Crippen LogP contribution in [0, 0.1) is 0 Å². The summed E-state index contributed by atoms with van der Waals surface area (Å²) in [5.74, 6) is 1.47. The summed E-state index contributed by atoms with van der Waals surface area (Å²) in [7, 11) is 0. The van der Waals surface area contributed by atoms with E-state index < -0.39 is 0 Å². The molecule has 28 heavy (non-hydrogen) atoms. The summed E-state index contributed by atoms with van der Waals surface area (Å²) in [6.07, 6.45) is 5.99. The lowest BCUT2D eigenvalue weighted by atomic mass is 10.1. The van der Waals surface area contributed by atoms with Crippen molar-refractivity contribution in [3.63, 3.8) is 0 Å². The van der Waals surface area contributed by atoms with E-state index in [1.54, 1.807) is 6.20 Å². The van der Waals surface area contributed by atoms with Gasteiger partial charge in [-0.15, -0.1) is 0 Å². The number of rotatable bonds is 7. The average molecular weight is 376 g/mol. The molecule has 1 aliphatic heterocycles. The smallest absolute Gasteiger partial charge is 0.253 e. The van der Waals surface area contributed by atoms with Crippen LogP contribution in [0.25, 0.3) is 22.8 Å². The number of nitrogens with zero attached hydrogens (tertiary/aromatic N) is 2. The highest BCUT2D eigenvalue weighted by Crippen LogP contribution is 2.25. The van der Waals surface area contributed by atoms with Crippen LogP contribution in [0.15, 0.2) is 42.6 Å². The molecule has 1 aliphatic rings. The number of amides is 1. The molecule has 0 saturated heterocycles. The van der Waals surface area contributed by atoms with E-state index >= 15 is 0 Å². The summed E-state index contributed by atoms with van der Waals surface area (Å²) < 4.78 is 5.76. The quantitative estimate of drug-likeness (QED) is 0.611. The number of aromatic amines is 1. The van der Waals surface area contributed by atoms with Crippen LogP contribution in [0.5, 0.6) is 5.75 Å². The number of hydrogen-bond donors (Lipinski definition) is 2. The molecule has 0 fully saturated rings. The number of benzene rings is 1. The van der Waals surface area contributed by atoms with E-state index in [9.17, 15) is 4.79 Å². The van der Waals surface area contributed by atoms with Gasteiger partial charge in [0, 0.05) is 30.4 Å². The summed E-state index contributed by atoms with van der Waals surface area (Å²) in [4.78, 5) is 24.4. The Labute approximate surface area is 164 Å². The fraction of sp³-hybridized carbons (Fsp3) is 0.318. The normalized spacial score (nSPS) is 13.1.